The summed E-state index contributed by atoms with van der Waals surface area (Å²) >= 11 is 0. The van der Waals surface area contributed by atoms with Crippen LogP contribution in [0.15, 0.2) is 11.3 Å². The molecule has 0 amide bonds. The lowest BCUT2D eigenvalue weighted by Gasteiger charge is -2.03. The molecule has 0 N–H and O–H groups in total. The van der Waals surface area contributed by atoms with Gasteiger partial charge < -0.3 is 9.16 Å². The zero-order valence-corrected chi connectivity index (χ0v) is 9.22. The van der Waals surface area contributed by atoms with Crippen molar-refractivity contribution in [2.75, 3.05) is 19.8 Å². The van der Waals surface area contributed by atoms with Gasteiger partial charge in [0.25, 0.3) is 9.76 Å². The second-order valence-electron chi connectivity index (χ2n) is 2.53. The maximum atomic E-state index is 5.37. The van der Waals surface area contributed by atoms with Gasteiger partial charge in [-0.15, -0.1) is 0 Å². The summed E-state index contributed by atoms with van der Waals surface area (Å²) in [5.41, 5.74) is 0. The molecule has 0 unspecified atom stereocenters. The van der Waals surface area contributed by atoms with E-state index < -0.39 is 0 Å². The topological polar surface area (TPSA) is 18.5 Å². The molecule has 0 saturated heterocycles. The van der Waals surface area contributed by atoms with Gasteiger partial charge in [0, 0.05) is 6.61 Å². The van der Waals surface area contributed by atoms with Crippen LogP contribution in [-0.4, -0.2) is 29.6 Å². The summed E-state index contributed by atoms with van der Waals surface area (Å²) in [5.74, 6) is 0. The minimum Gasteiger partial charge on any atom is -0.409 e. The predicted octanol–water partition coefficient (Wildman–Crippen LogP) is 1.97. The summed E-state index contributed by atoms with van der Waals surface area (Å²) in [5, 5.41) is 1.30. The van der Waals surface area contributed by atoms with Gasteiger partial charge in [0.15, 0.2) is 0 Å². The van der Waals surface area contributed by atoms with E-state index in [1.54, 1.807) is 0 Å². The predicted molar refractivity (Wildman–Crippen MR) is 52.2 cm³/mol. The van der Waals surface area contributed by atoms with Crippen molar-refractivity contribution in [3.8, 4) is 0 Å². The van der Waals surface area contributed by atoms with E-state index in [9.17, 15) is 0 Å². The molecule has 0 aliphatic heterocycles. The van der Waals surface area contributed by atoms with Crippen LogP contribution in [-0.2, 0) is 9.16 Å². The zero-order chi connectivity index (χ0) is 9.23. The van der Waals surface area contributed by atoms with Crippen molar-refractivity contribution < 1.29 is 9.16 Å². The highest BCUT2D eigenvalue weighted by atomic mass is 28.2. The number of ether oxygens (including phenoxy) is 1. The minimum absolute atomic E-state index is 0.499. The smallest absolute Gasteiger partial charge is 0.263 e. The first-order valence-electron chi connectivity index (χ1n) is 4.39. The largest absolute Gasteiger partial charge is 0.409 e. The summed E-state index contributed by atoms with van der Waals surface area (Å²) in [7, 11) is 0.499. The summed E-state index contributed by atoms with van der Waals surface area (Å²) in [6.07, 6.45) is 3.15. The van der Waals surface area contributed by atoms with Gasteiger partial charge >= 0.3 is 0 Å². The highest BCUT2D eigenvalue weighted by Crippen LogP contribution is 1.89. The van der Waals surface area contributed by atoms with E-state index in [1.165, 1.54) is 5.20 Å². The molecule has 0 aromatic carbocycles. The minimum atomic E-state index is 0.499. The lowest BCUT2D eigenvalue weighted by Crippen LogP contribution is -2.08. The first-order valence-corrected chi connectivity index (χ1v) is 5.30. The molecule has 0 spiro atoms. The normalized spacial score (nSPS) is 12.1. The third-order valence-corrected chi connectivity index (χ3v) is 2.30. The van der Waals surface area contributed by atoms with Gasteiger partial charge in [-0.05, 0) is 20.3 Å². The Balaban J connectivity index is 3.00. The lowest BCUT2D eigenvalue weighted by molar-refractivity contribution is 0.103. The van der Waals surface area contributed by atoms with E-state index in [-0.39, 0.29) is 0 Å². The molecule has 0 saturated carbocycles. The molecule has 2 nitrogen and oxygen atoms in total. The van der Waals surface area contributed by atoms with Crippen molar-refractivity contribution in [3.05, 3.63) is 11.3 Å². The van der Waals surface area contributed by atoms with E-state index in [4.69, 9.17) is 9.16 Å². The zero-order valence-electron chi connectivity index (χ0n) is 8.22. The molecule has 0 fully saturated rings. The first-order chi connectivity index (χ1) is 5.81. The third-order valence-electron chi connectivity index (χ3n) is 1.34. The fourth-order valence-electron chi connectivity index (χ4n) is 0.571. The summed E-state index contributed by atoms with van der Waals surface area (Å²) in [6, 6.07) is 0. The van der Waals surface area contributed by atoms with Crippen LogP contribution in [0.2, 0.25) is 0 Å². The van der Waals surface area contributed by atoms with Crippen LogP contribution in [0, 0.1) is 0 Å². The molecule has 0 atom stereocenters. The molecule has 0 aromatic heterocycles. The van der Waals surface area contributed by atoms with Crippen LogP contribution in [0.5, 0.6) is 0 Å². The van der Waals surface area contributed by atoms with Gasteiger partial charge in [-0.3, -0.25) is 0 Å². The fourth-order valence-corrected chi connectivity index (χ4v) is 1.10. The average Bonchev–Trinajstić information content (AvgIpc) is 2.10. The maximum Gasteiger partial charge on any atom is 0.263 e. The van der Waals surface area contributed by atoms with Gasteiger partial charge in [0.1, 0.15) is 0 Å². The van der Waals surface area contributed by atoms with Gasteiger partial charge in [0.2, 0.25) is 0 Å². The molecule has 0 aromatic rings. The van der Waals surface area contributed by atoms with E-state index >= 15 is 0 Å². The monoisotopic (exact) mass is 186 g/mol. The summed E-state index contributed by atoms with van der Waals surface area (Å²) in [4.78, 5) is 0. The lowest BCUT2D eigenvalue weighted by atomic mass is 10.5. The number of rotatable bonds is 7. The van der Waals surface area contributed by atoms with E-state index in [2.05, 4.69) is 19.9 Å². The Kier molecular flexibility index (Phi) is 8.88. The van der Waals surface area contributed by atoms with Crippen molar-refractivity contribution >= 4 is 9.76 Å². The van der Waals surface area contributed by atoms with Crippen LogP contribution in [0.25, 0.3) is 0 Å². The van der Waals surface area contributed by atoms with Crippen molar-refractivity contribution in [1.82, 2.24) is 0 Å². The van der Waals surface area contributed by atoms with Crippen LogP contribution in [0.3, 0.4) is 0 Å². The molecule has 70 valence electrons. The highest BCUT2D eigenvalue weighted by molar-refractivity contribution is 6.37. The Hall–Kier alpha value is -0.123. The van der Waals surface area contributed by atoms with E-state index in [0.29, 0.717) is 16.4 Å². The van der Waals surface area contributed by atoms with E-state index in [1.807, 2.05) is 6.92 Å². The van der Waals surface area contributed by atoms with Gasteiger partial charge in [-0.1, -0.05) is 18.2 Å². The summed E-state index contributed by atoms with van der Waals surface area (Å²) < 4.78 is 10.6. The van der Waals surface area contributed by atoms with Gasteiger partial charge in [0.05, 0.1) is 13.2 Å². The van der Waals surface area contributed by atoms with Crippen LogP contribution in [0.4, 0.5) is 0 Å². The van der Waals surface area contributed by atoms with Gasteiger partial charge in [-0.25, -0.2) is 0 Å². The summed E-state index contributed by atoms with van der Waals surface area (Å²) in [6.45, 7) is 8.48. The Morgan fingerprint density at radius 3 is 2.67 bits per heavy atom. The molecule has 3 heteroatoms. The molecular formula is C9H18O2Si. The quantitative estimate of drug-likeness (QED) is 0.447. The fraction of sp³-hybridized carbons (Fsp3) is 0.778. The van der Waals surface area contributed by atoms with Crippen molar-refractivity contribution in [2.24, 2.45) is 0 Å². The average molecular weight is 186 g/mol. The highest BCUT2D eigenvalue weighted by Gasteiger charge is 1.92. The molecule has 0 heterocycles. The second-order valence-corrected chi connectivity index (χ2v) is 3.82. The van der Waals surface area contributed by atoms with Crippen molar-refractivity contribution in [1.29, 1.82) is 0 Å². The Bertz CT molecular complexity index is 124. The third kappa shape index (κ3) is 7.98. The standard InChI is InChI=1S/C9H18O2Si/c1-4-6-10-7-8-11-12-9(3)5-2/h5H,4,6-8H2,1-3H3/b9-5+. The molecular weight excluding hydrogens is 168 g/mol. The van der Waals surface area contributed by atoms with Crippen LogP contribution < -0.4 is 0 Å². The maximum absolute atomic E-state index is 5.37. The number of allylic oxidation sites excluding steroid dienone is 2. The SMILES string of the molecule is C/C=C(\C)[Si]OCCOCCC. The molecule has 0 aliphatic carbocycles. The second kappa shape index (κ2) is 8.97. The van der Waals surface area contributed by atoms with Gasteiger partial charge in [-0.2, -0.15) is 0 Å². The first kappa shape index (κ1) is 11.9. The van der Waals surface area contributed by atoms with Crippen molar-refractivity contribution in [2.45, 2.75) is 27.2 Å². The van der Waals surface area contributed by atoms with Crippen LogP contribution in [0.1, 0.15) is 27.2 Å². The van der Waals surface area contributed by atoms with E-state index in [0.717, 1.165) is 19.6 Å². The Morgan fingerprint density at radius 1 is 1.33 bits per heavy atom. The van der Waals surface area contributed by atoms with Crippen LogP contribution >= 0.6 is 0 Å². The Morgan fingerprint density at radius 2 is 2.08 bits per heavy atom. The molecule has 2 radical (unpaired) electrons. The Labute approximate surface area is 77.9 Å². The molecule has 12 heavy (non-hydrogen) atoms. The van der Waals surface area contributed by atoms with Crippen molar-refractivity contribution in [3.63, 3.8) is 0 Å². The molecule has 0 aliphatic rings. The number of hydrogen-bond acceptors (Lipinski definition) is 2. The molecule has 0 rings (SSSR count). The number of hydrogen-bond donors (Lipinski definition) is 0. The molecule has 0 bridgehead atoms.